The molecule has 0 bridgehead atoms. The molecule has 0 radical (unpaired) electrons. The monoisotopic (exact) mass is 283 g/mol. The van der Waals surface area contributed by atoms with Crippen LogP contribution in [0.5, 0.6) is 0 Å². The SMILES string of the molecule is CC1(C)C(=O)C2=Nc3ccccc3SC2c2[nH]ncc21. The maximum Gasteiger partial charge on any atom is 0.188 e. The van der Waals surface area contributed by atoms with Gasteiger partial charge in [0, 0.05) is 10.5 Å². The highest BCUT2D eigenvalue weighted by molar-refractivity contribution is 8.00. The highest BCUT2D eigenvalue weighted by atomic mass is 32.2. The number of H-pyrrole nitrogens is 1. The smallest absolute Gasteiger partial charge is 0.188 e. The van der Waals surface area contributed by atoms with Gasteiger partial charge in [-0.3, -0.25) is 9.89 Å². The van der Waals surface area contributed by atoms with E-state index >= 15 is 0 Å². The van der Waals surface area contributed by atoms with Crippen LogP contribution in [0.4, 0.5) is 5.69 Å². The van der Waals surface area contributed by atoms with E-state index < -0.39 is 5.41 Å². The Morgan fingerprint density at radius 3 is 2.95 bits per heavy atom. The van der Waals surface area contributed by atoms with Crippen LogP contribution >= 0.6 is 11.8 Å². The van der Waals surface area contributed by atoms with Gasteiger partial charge in [-0.2, -0.15) is 5.10 Å². The van der Waals surface area contributed by atoms with Gasteiger partial charge in [-0.05, 0) is 26.0 Å². The molecule has 2 aliphatic rings. The summed E-state index contributed by atoms with van der Waals surface area (Å²) in [5, 5.41) is 7.13. The van der Waals surface area contributed by atoms with E-state index in [0.717, 1.165) is 21.8 Å². The molecule has 0 spiro atoms. The van der Waals surface area contributed by atoms with Gasteiger partial charge in [0.1, 0.15) is 5.71 Å². The number of carbonyl (C=O) groups excluding carboxylic acids is 1. The van der Waals surface area contributed by atoms with Crippen LogP contribution in [0.15, 0.2) is 40.4 Å². The van der Waals surface area contributed by atoms with Crippen LogP contribution in [0.3, 0.4) is 0 Å². The first-order chi connectivity index (χ1) is 9.59. The first-order valence-corrected chi connectivity index (χ1v) is 7.40. The number of aliphatic imine (C=N–C) groups is 1. The minimum absolute atomic E-state index is 0.0667. The molecule has 1 N–H and O–H groups in total. The molecule has 2 aromatic rings. The number of ketones is 1. The number of thioether (sulfide) groups is 1. The van der Waals surface area contributed by atoms with Gasteiger partial charge in [-0.15, -0.1) is 11.8 Å². The van der Waals surface area contributed by atoms with Crippen LogP contribution in [-0.4, -0.2) is 21.7 Å². The van der Waals surface area contributed by atoms with Crippen molar-refractivity contribution in [1.82, 2.24) is 10.2 Å². The predicted octanol–water partition coefficient (Wildman–Crippen LogP) is 3.19. The summed E-state index contributed by atoms with van der Waals surface area (Å²) >= 11 is 1.67. The molecule has 0 saturated heterocycles. The van der Waals surface area contributed by atoms with Crippen LogP contribution in [0.25, 0.3) is 0 Å². The third-order valence-corrected chi connectivity index (χ3v) is 5.30. The van der Waals surface area contributed by atoms with E-state index in [1.54, 1.807) is 18.0 Å². The van der Waals surface area contributed by atoms with Gasteiger partial charge < -0.3 is 0 Å². The summed E-state index contributed by atoms with van der Waals surface area (Å²) in [7, 11) is 0. The van der Waals surface area contributed by atoms with E-state index in [9.17, 15) is 4.79 Å². The Bertz CT molecular complexity index is 760. The number of hydrogen-bond donors (Lipinski definition) is 1. The summed E-state index contributed by atoms with van der Waals surface area (Å²) < 4.78 is 0. The number of carbonyl (C=O) groups is 1. The maximum absolute atomic E-state index is 12.8. The van der Waals surface area contributed by atoms with E-state index in [-0.39, 0.29) is 11.0 Å². The summed E-state index contributed by atoms with van der Waals surface area (Å²) in [5.74, 6) is 0.0957. The molecular formula is C15H13N3OS. The van der Waals surface area contributed by atoms with Crippen molar-refractivity contribution in [3.63, 3.8) is 0 Å². The number of nitrogens with zero attached hydrogens (tertiary/aromatic N) is 2. The molecule has 1 aromatic carbocycles. The fourth-order valence-corrected chi connectivity index (χ4v) is 4.04. The third-order valence-electron chi connectivity index (χ3n) is 4.00. The molecule has 100 valence electrons. The average molecular weight is 283 g/mol. The molecule has 1 atom stereocenters. The maximum atomic E-state index is 12.8. The fraction of sp³-hybridized carbons (Fsp3) is 0.267. The van der Waals surface area contributed by atoms with Crippen LogP contribution < -0.4 is 0 Å². The number of nitrogens with one attached hydrogen (secondary N) is 1. The number of hydrogen-bond acceptors (Lipinski definition) is 4. The molecule has 0 amide bonds. The number of aromatic nitrogens is 2. The Morgan fingerprint density at radius 2 is 2.10 bits per heavy atom. The Balaban J connectivity index is 1.98. The van der Waals surface area contributed by atoms with Crippen LogP contribution in [-0.2, 0) is 10.2 Å². The molecule has 4 nitrogen and oxygen atoms in total. The largest absolute Gasteiger partial charge is 0.292 e. The van der Waals surface area contributed by atoms with Crippen molar-refractivity contribution in [3.05, 3.63) is 41.7 Å². The lowest BCUT2D eigenvalue weighted by Crippen LogP contribution is -2.43. The quantitative estimate of drug-likeness (QED) is 0.807. The lowest BCUT2D eigenvalue weighted by Gasteiger charge is -2.35. The first-order valence-electron chi connectivity index (χ1n) is 6.52. The van der Waals surface area contributed by atoms with Gasteiger partial charge in [0.25, 0.3) is 0 Å². The number of fused-ring (bicyclic) bond motifs is 4. The molecule has 1 unspecified atom stereocenters. The van der Waals surface area contributed by atoms with Crippen molar-refractivity contribution in [1.29, 1.82) is 0 Å². The summed E-state index contributed by atoms with van der Waals surface area (Å²) in [6, 6.07) is 7.94. The zero-order chi connectivity index (χ0) is 13.9. The Labute approximate surface area is 120 Å². The Morgan fingerprint density at radius 1 is 1.30 bits per heavy atom. The van der Waals surface area contributed by atoms with Gasteiger partial charge >= 0.3 is 0 Å². The van der Waals surface area contributed by atoms with Crippen molar-refractivity contribution in [3.8, 4) is 0 Å². The van der Waals surface area contributed by atoms with Crippen LogP contribution in [0.2, 0.25) is 0 Å². The van der Waals surface area contributed by atoms with E-state index in [0.29, 0.717) is 5.71 Å². The summed E-state index contributed by atoms with van der Waals surface area (Å²) in [4.78, 5) is 18.5. The zero-order valence-electron chi connectivity index (χ0n) is 11.2. The standard InChI is InChI=1S/C15H13N3OS/c1-15(2)8-7-16-18-11(8)13-12(14(15)19)17-9-5-3-4-6-10(9)20-13/h3-7,13H,1-2H3,(H,16,18). The molecule has 1 aliphatic heterocycles. The van der Waals surface area contributed by atoms with Gasteiger partial charge in [-0.1, -0.05) is 12.1 Å². The highest BCUT2D eigenvalue weighted by Gasteiger charge is 2.47. The van der Waals surface area contributed by atoms with Crippen molar-refractivity contribution < 1.29 is 4.79 Å². The number of para-hydroxylation sites is 1. The minimum Gasteiger partial charge on any atom is -0.292 e. The zero-order valence-corrected chi connectivity index (χ0v) is 12.0. The molecule has 2 heterocycles. The van der Waals surface area contributed by atoms with Gasteiger partial charge in [-0.25, -0.2) is 4.99 Å². The van der Waals surface area contributed by atoms with Gasteiger partial charge in [0.05, 0.1) is 28.2 Å². The van der Waals surface area contributed by atoms with Gasteiger partial charge in [0.2, 0.25) is 0 Å². The van der Waals surface area contributed by atoms with Crippen molar-refractivity contribution >= 4 is 28.9 Å². The number of benzene rings is 1. The van der Waals surface area contributed by atoms with Gasteiger partial charge in [0.15, 0.2) is 5.78 Å². The third kappa shape index (κ3) is 1.41. The summed E-state index contributed by atoms with van der Waals surface area (Å²) in [5.41, 5.74) is 2.95. The Hall–Kier alpha value is -1.88. The minimum atomic E-state index is -0.565. The molecular weight excluding hydrogens is 270 g/mol. The average Bonchev–Trinajstić information content (AvgIpc) is 2.94. The topological polar surface area (TPSA) is 58.1 Å². The summed E-state index contributed by atoms with van der Waals surface area (Å²) in [6.07, 6.45) is 1.77. The first kappa shape index (κ1) is 11.9. The second-order valence-corrected chi connectivity index (χ2v) is 6.76. The molecule has 1 aliphatic carbocycles. The number of rotatable bonds is 0. The van der Waals surface area contributed by atoms with Crippen molar-refractivity contribution in [2.75, 3.05) is 0 Å². The van der Waals surface area contributed by atoms with E-state index in [1.807, 2.05) is 38.1 Å². The second kappa shape index (κ2) is 3.82. The molecule has 20 heavy (non-hydrogen) atoms. The Kier molecular flexibility index (Phi) is 2.27. The highest BCUT2D eigenvalue weighted by Crippen LogP contribution is 2.50. The predicted molar refractivity (Wildman–Crippen MR) is 78.8 cm³/mol. The second-order valence-electron chi connectivity index (χ2n) is 5.61. The van der Waals surface area contributed by atoms with E-state index in [4.69, 9.17) is 0 Å². The van der Waals surface area contributed by atoms with Crippen molar-refractivity contribution in [2.45, 2.75) is 29.4 Å². The number of aromatic amines is 1. The molecule has 5 heteroatoms. The molecule has 0 fully saturated rings. The summed E-state index contributed by atoms with van der Waals surface area (Å²) in [6.45, 7) is 3.88. The molecule has 4 rings (SSSR count). The normalized spacial score (nSPS) is 22.6. The van der Waals surface area contributed by atoms with E-state index in [1.165, 1.54) is 0 Å². The lowest BCUT2D eigenvalue weighted by molar-refractivity contribution is -0.117. The fourth-order valence-electron chi connectivity index (χ4n) is 2.82. The number of Topliss-reactive ketones (excluding diaryl/α,β-unsaturated/α-hetero) is 1. The van der Waals surface area contributed by atoms with E-state index in [2.05, 4.69) is 15.2 Å². The van der Waals surface area contributed by atoms with Crippen molar-refractivity contribution in [2.24, 2.45) is 4.99 Å². The lowest BCUT2D eigenvalue weighted by atomic mass is 9.73. The molecule has 1 aromatic heterocycles. The van der Waals surface area contributed by atoms with Crippen LogP contribution in [0.1, 0.15) is 30.4 Å². The van der Waals surface area contributed by atoms with Crippen LogP contribution in [0, 0.1) is 0 Å². The molecule has 0 saturated carbocycles.